The second kappa shape index (κ2) is 2.37. The van der Waals surface area contributed by atoms with Gasteiger partial charge in [-0.25, -0.2) is 0 Å². The molecule has 12 heavy (non-hydrogen) atoms. The van der Waals surface area contributed by atoms with Gasteiger partial charge < -0.3 is 25.5 Å². The summed E-state index contributed by atoms with van der Waals surface area (Å²) >= 11 is 0. The third-order valence-corrected chi connectivity index (χ3v) is 1.47. The highest BCUT2D eigenvalue weighted by molar-refractivity contribution is 5.68. The van der Waals surface area contributed by atoms with Crippen LogP contribution < -0.4 is 0 Å². The van der Waals surface area contributed by atoms with E-state index in [0.29, 0.717) is 0 Å². The van der Waals surface area contributed by atoms with Gasteiger partial charge in [-0.15, -0.1) is 0 Å². The third kappa shape index (κ3) is 0.868. The van der Waals surface area contributed by atoms with Crippen molar-refractivity contribution in [1.82, 2.24) is 0 Å². The molecule has 5 N–H and O–H groups in total. The van der Waals surface area contributed by atoms with Crippen LogP contribution in [0.2, 0.25) is 0 Å². The Kier molecular flexibility index (Phi) is 1.64. The maximum atomic E-state index is 8.95. The number of hydrogen-bond donors (Lipinski definition) is 5. The molecular weight excluding hydrogens is 164 g/mol. The molecule has 0 saturated carbocycles. The lowest BCUT2D eigenvalue weighted by Gasteiger charge is -2.08. The Labute approximate surface area is 67.8 Å². The molecular formula is C7H7O5. The maximum absolute atomic E-state index is 8.95. The van der Waals surface area contributed by atoms with Crippen molar-refractivity contribution in [1.29, 1.82) is 0 Å². The Balaban J connectivity index is 3.60. The van der Waals surface area contributed by atoms with Gasteiger partial charge in [-0.05, 0) is 6.92 Å². The van der Waals surface area contributed by atoms with Gasteiger partial charge in [-0.1, -0.05) is 0 Å². The van der Waals surface area contributed by atoms with Gasteiger partial charge in [0, 0.05) is 5.56 Å². The fraction of sp³-hybridized carbons (Fsp3) is 0. The number of phenolic OH excluding ortho intramolecular Hbond substituents is 5. The highest BCUT2D eigenvalue weighted by atomic mass is 16.4. The van der Waals surface area contributed by atoms with E-state index in [9.17, 15) is 0 Å². The highest BCUT2D eigenvalue weighted by Gasteiger charge is 2.19. The Bertz CT molecular complexity index is 226. The molecule has 1 aromatic rings. The van der Waals surface area contributed by atoms with E-state index in [2.05, 4.69) is 6.92 Å². The topological polar surface area (TPSA) is 101 Å². The van der Waals surface area contributed by atoms with E-state index in [1.807, 2.05) is 0 Å². The van der Waals surface area contributed by atoms with Crippen LogP contribution in [0.1, 0.15) is 5.56 Å². The first kappa shape index (κ1) is 8.32. The minimum Gasteiger partial charge on any atom is -0.504 e. The molecule has 0 spiro atoms. The van der Waals surface area contributed by atoms with E-state index in [-0.39, 0.29) is 5.56 Å². The first-order valence-corrected chi connectivity index (χ1v) is 2.97. The summed E-state index contributed by atoms with van der Waals surface area (Å²) in [5.74, 6) is -4.31. The van der Waals surface area contributed by atoms with E-state index in [0.717, 1.165) is 0 Å². The number of aromatic hydroxyl groups is 5. The van der Waals surface area contributed by atoms with Gasteiger partial charge in [-0.3, -0.25) is 0 Å². The zero-order chi connectivity index (χ0) is 9.46. The van der Waals surface area contributed by atoms with Crippen LogP contribution in [0, 0.1) is 6.92 Å². The molecule has 5 heteroatoms. The first-order valence-electron chi connectivity index (χ1n) is 2.97. The largest absolute Gasteiger partial charge is 0.504 e. The molecule has 0 amide bonds. The lowest BCUT2D eigenvalue weighted by Crippen LogP contribution is -1.80. The molecule has 0 aliphatic carbocycles. The molecule has 0 fully saturated rings. The molecule has 1 aromatic carbocycles. The standard InChI is InChI=1S/C7H7O5/c1-2-3(8)5(10)7(12)6(11)4(2)9/h8-12H,1H2. The zero-order valence-corrected chi connectivity index (χ0v) is 5.94. The first-order chi connectivity index (χ1) is 5.46. The number of benzene rings is 1. The van der Waals surface area contributed by atoms with Crippen molar-refractivity contribution in [2.24, 2.45) is 0 Å². The fourth-order valence-corrected chi connectivity index (χ4v) is 0.734. The van der Waals surface area contributed by atoms with Gasteiger partial charge in [0.15, 0.2) is 11.5 Å². The SMILES string of the molecule is [CH2]c1c(O)c(O)c(O)c(O)c1O. The second-order valence-corrected chi connectivity index (χ2v) is 2.22. The molecule has 0 aliphatic rings. The Morgan fingerprint density at radius 2 is 0.833 bits per heavy atom. The van der Waals surface area contributed by atoms with Crippen molar-refractivity contribution in [3.05, 3.63) is 12.5 Å². The van der Waals surface area contributed by atoms with Crippen LogP contribution in [-0.4, -0.2) is 25.5 Å². The van der Waals surface area contributed by atoms with E-state index < -0.39 is 28.7 Å². The van der Waals surface area contributed by atoms with Crippen molar-refractivity contribution >= 4 is 0 Å². The lowest BCUT2D eigenvalue weighted by atomic mass is 10.1. The minimum absolute atomic E-state index is 0.345. The van der Waals surface area contributed by atoms with Crippen molar-refractivity contribution in [2.45, 2.75) is 0 Å². The highest BCUT2D eigenvalue weighted by Crippen LogP contribution is 2.49. The van der Waals surface area contributed by atoms with Crippen molar-refractivity contribution in [3.8, 4) is 28.7 Å². The van der Waals surface area contributed by atoms with Gasteiger partial charge in [0.05, 0.1) is 0 Å². The Hall–Kier alpha value is -1.78. The van der Waals surface area contributed by atoms with Crippen LogP contribution in [0.25, 0.3) is 0 Å². The predicted molar refractivity (Wildman–Crippen MR) is 39.2 cm³/mol. The van der Waals surface area contributed by atoms with Gasteiger partial charge in [0.1, 0.15) is 0 Å². The summed E-state index contributed by atoms with van der Waals surface area (Å²) in [7, 11) is 0. The summed E-state index contributed by atoms with van der Waals surface area (Å²) in [6.07, 6.45) is 0. The Morgan fingerprint density at radius 3 is 1.17 bits per heavy atom. The fourth-order valence-electron chi connectivity index (χ4n) is 0.734. The van der Waals surface area contributed by atoms with Gasteiger partial charge >= 0.3 is 0 Å². The average Bonchev–Trinajstić information content (AvgIpc) is 2.08. The van der Waals surface area contributed by atoms with Crippen molar-refractivity contribution in [3.63, 3.8) is 0 Å². The monoisotopic (exact) mass is 171 g/mol. The molecule has 0 bridgehead atoms. The average molecular weight is 171 g/mol. The van der Waals surface area contributed by atoms with Crippen molar-refractivity contribution < 1.29 is 25.5 Å². The molecule has 5 nitrogen and oxygen atoms in total. The van der Waals surface area contributed by atoms with Gasteiger partial charge in [-0.2, -0.15) is 0 Å². The Morgan fingerprint density at radius 1 is 0.583 bits per heavy atom. The molecule has 0 aromatic heterocycles. The quantitative estimate of drug-likeness (QED) is 0.287. The van der Waals surface area contributed by atoms with Crippen LogP contribution in [0.3, 0.4) is 0 Å². The van der Waals surface area contributed by atoms with Crippen LogP contribution in [0.5, 0.6) is 28.7 Å². The number of phenols is 5. The van der Waals surface area contributed by atoms with E-state index in [4.69, 9.17) is 25.5 Å². The molecule has 0 atom stereocenters. The molecule has 1 rings (SSSR count). The van der Waals surface area contributed by atoms with Gasteiger partial charge in [0.2, 0.25) is 17.2 Å². The third-order valence-electron chi connectivity index (χ3n) is 1.47. The summed E-state index contributed by atoms with van der Waals surface area (Å²) in [6, 6.07) is 0. The van der Waals surface area contributed by atoms with Crippen LogP contribution >= 0.6 is 0 Å². The minimum atomic E-state index is -0.975. The molecule has 0 heterocycles. The number of rotatable bonds is 0. The summed E-state index contributed by atoms with van der Waals surface area (Å²) in [4.78, 5) is 0. The summed E-state index contributed by atoms with van der Waals surface area (Å²) in [5.41, 5.74) is -0.345. The summed E-state index contributed by atoms with van der Waals surface area (Å²) in [5, 5.41) is 44.5. The maximum Gasteiger partial charge on any atom is 0.208 e. The summed E-state index contributed by atoms with van der Waals surface area (Å²) in [6.45, 7) is 3.15. The zero-order valence-electron chi connectivity index (χ0n) is 5.94. The second-order valence-electron chi connectivity index (χ2n) is 2.22. The molecule has 0 saturated heterocycles. The van der Waals surface area contributed by atoms with Crippen LogP contribution in [0.4, 0.5) is 0 Å². The predicted octanol–water partition coefficient (Wildman–Crippen LogP) is 0.397. The summed E-state index contributed by atoms with van der Waals surface area (Å²) < 4.78 is 0. The van der Waals surface area contributed by atoms with E-state index in [1.165, 1.54) is 0 Å². The van der Waals surface area contributed by atoms with E-state index in [1.54, 1.807) is 0 Å². The molecule has 0 aliphatic heterocycles. The van der Waals surface area contributed by atoms with Gasteiger partial charge in [0.25, 0.3) is 0 Å². The van der Waals surface area contributed by atoms with E-state index >= 15 is 0 Å². The lowest BCUT2D eigenvalue weighted by molar-refractivity contribution is 0.327. The van der Waals surface area contributed by atoms with Crippen LogP contribution in [-0.2, 0) is 0 Å². The van der Waals surface area contributed by atoms with Crippen molar-refractivity contribution in [2.75, 3.05) is 0 Å². The molecule has 1 radical (unpaired) electrons. The smallest absolute Gasteiger partial charge is 0.208 e. The number of hydrogen-bond acceptors (Lipinski definition) is 5. The molecule has 65 valence electrons. The molecule has 0 unspecified atom stereocenters. The normalized spacial score (nSPS) is 10.1. The van der Waals surface area contributed by atoms with Crippen LogP contribution in [0.15, 0.2) is 0 Å².